The second-order valence-corrected chi connectivity index (χ2v) is 8.09. The second-order valence-electron chi connectivity index (χ2n) is 3.69. The summed E-state index contributed by atoms with van der Waals surface area (Å²) in [5, 5.41) is 0. The molecule has 6 nitrogen and oxygen atoms in total. The molecule has 0 unspecified atom stereocenters. The standard InChI is InChI=1S/C6H13O3P.C6H11O3P/c1-3-5-10(7,8,9)6-4-2;1-3-5-8-10(7)9-6-4-2/h3-4,7-9H,1-2,5-6H2;3-4,7H,1-2,5-6H2. The zero-order chi connectivity index (χ0) is 16.1. The number of allylic oxidation sites excluding steroid dienone is 2. The maximum atomic E-state index is 9.08. The normalized spacial score (nSPS) is 12.6. The Morgan fingerprint density at radius 1 is 0.800 bits per heavy atom. The van der Waals surface area contributed by atoms with Crippen LogP contribution >= 0.6 is 15.9 Å². The third kappa shape index (κ3) is 15.6. The van der Waals surface area contributed by atoms with Crippen LogP contribution in [0.4, 0.5) is 0 Å². The molecule has 0 saturated heterocycles. The Balaban J connectivity index is 0. The molecule has 0 atom stereocenters. The van der Waals surface area contributed by atoms with E-state index in [9.17, 15) is 0 Å². The summed E-state index contributed by atoms with van der Waals surface area (Å²) in [6.45, 7) is 14.0. The van der Waals surface area contributed by atoms with Crippen molar-refractivity contribution < 1.29 is 28.6 Å². The van der Waals surface area contributed by atoms with E-state index in [1.807, 2.05) is 0 Å². The predicted molar refractivity (Wildman–Crippen MR) is 85.1 cm³/mol. The van der Waals surface area contributed by atoms with Crippen LogP contribution in [0.1, 0.15) is 0 Å². The van der Waals surface area contributed by atoms with Gasteiger partial charge in [0.15, 0.2) is 0 Å². The van der Waals surface area contributed by atoms with Crippen LogP contribution in [0.2, 0.25) is 0 Å². The monoisotopic (exact) mass is 326 g/mol. The van der Waals surface area contributed by atoms with Gasteiger partial charge in [-0.2, -0.15) is 0 Å². The fourth-order valence-electron chi connectivity index (χ4n) is 0.874. The van der Waals surface area contributed by atoms with E-state index in [2.05, 4.69) is 26.3 Å². The van der Waals surface area contributed by atoms with E-state index in [-0.39, 0.29) is 12.3 Å². The Bertz CT molecular complexity index is 285. The van der Waals surface area contributed by atoms with Gasteiger partial charge in [0.1, 0.15) is 0 Å². The van der Waals surface area contributed by atoms with Gasteiger partial charge < -0.3 is 13.9 Å². The van der Waals surface area contributed by atoms with Crippen molar-refractivity contribution in [2.75, 3.05) is 25.5 Å². The molecule has 0 bridgehead atoms. The topological polar surface area (TPSA) is 99.4 Å². The zero-order valence-electron chi connectivity index (χ0n) is 11.5. The molecule has 0 aromatic heterocycles. The van der Waals surface area contributed by atoms with E-state index in [0.29, 0.717) is 13.2 Å². The summed E-state index contributed by atoms with van der Waals surface area (Å²) in [5.74, 6) is 0. The molecule has 0 amide bonds. The molecule has 0 aromatic carbocycles. The van der Waals surface area contributed by atoms with Crippen molar-refractivity contribution in [2.24, 2.45) is 0 Å². The van der Waals surface area contributed by atoms with Gasteiger partial charge in [0.25, 0.3) is 0 Å². The molecule has 0 aliphatic heterocycles. The first-order chi connectivity index (χ1) is 9.20. The van der Waals surface area contributed by atoms with Crippen molar-refractivity contribution in [3.63, 3.8) is 0 Å². The summed E-state index contributed by atoms with van der Waals surface area (Å²) in [7, 11) is -6.13. The number of rotatable bonds is 10. The van der Waals surface area contributed by atoms with Gasteiger partial charge in [-0.3, -0.25) is 0 Å². The molecule has 4 N–H and O–H groups in total. The van der Waals surface area contributed by atoms with Crippen LogP contribution in [-0.4, -0.2) is 45.1 Å². The van der Waals surface area contributed by atoms with Gasteiger partial charge >= 0.3 is 68.2 Å². The van der Waals surface area contributed by atoms with E-state index in [1.54, 1.807) is 12.2 Å². The van der Waals surface area contributed by atoms with Gasteiger partial charge in [0, 0.05) is 0 Å². The van der Waals surface area contributed by atoms with E-state index in [1.165, 1.54) is 12.2 Å². The minimum atomic E-state index is -4.40. The molecule has 8 heteroatoms. The van der Waals surface area contributed by atoms with Crippen LogP contribution in [0, 0.1) is 0 Å². The van der Waals surface area contributed by atoms with Crippen LogP contribution in [0.5, 0.6) is 0 Å². The number of hydrogen-bond acceptors (Lipinski definition) is 6. The molecule has 0 rings (SSSR count). The fourth-order valence-corrected chi connectivity index (χ4v) is 2.62. The average Bonchev–Trinajstić information content (AvgIpc) is 2.33. The molecule has 0 aliphatic carbocycles. The summed E-state index contributed by atoms with van der Waals surface area (Å²) >= 11 is 0. The van der Waals surface area contributed by atoms with E-state index >= 15 is 0 Å². The first-order valence-corrected chi connectivity index (χ1v) is 9.24. The molecule has 0 spiro atoms. The predicted octanol–water partition coefficient (Wildman–Crippen LogP) is 2.24. The van der Waals surface area contributed by atoms with Crippen molar-refractivity contribution in [2.45, 2.75) is 0 Å². The van der Waals surface area contributed by atoms with Gasteiger partial charge in [-0.05, 0) is 0 Å². The second kappa shape index (κ2) is 11.3. The van der Waals surface area contributed by atoms with Crippen LogP contribution in [-0.2, 0) is 9.05 Å². The Hall–Kier alpha value is -0.420. The first-order valence-electron chi connectivity index (χ1n) is 5.64. The first kappa shape index (κ1) is 21.9. The van der Waals surface area contributed by atoms with Crippen LogP contribution < -0.4 is 0 Å². The Morgan fingerprint density at radius 2 is 1.15 bits per heavy atom. The van der Waals surface area contributed by atoms with Crippen molar-refractivity contribution in [3.05, 3.63) is 50.6 Å². The molecule has 118 valence electrons. The van der Waals surface area contributed by atoms with E-state index in [4.69, 9.17) is 28.6 Å². The minimum absolute atomic E-state index is 0.169. The van der Waals surface area contributed by atoms with Crippen LogP contribution in [0.25, 0.3) is 0 Å². The van der Waals surface area contributed by atoms with Crippen molar-refractivity contribution >= 4 is 15.9 Å². The van der Waals surface area contributed by atoms with Gasteiger partial charge in [0.05, 0.1) is 13.2 Å². The van der Waals surface area contributed by atoms with E-state index < -0.39 is 15.9 Å². The molecule has 0 heterocycles. The Labute approximate surface area is 121 Å². The summed E-state index contributed by atoms with van der Waals surface area (Å²) in [6, 6.07) is 0. The molecule has 0 radical (unpaired) electrons. The molecular weight excluding hydrogens is 302 g/mol. The van der Waals surface area contributed by atoms with Crippen molar-refractivity contribution in [1.82, 2.24) is 0 Å². The van der Waals surface area contributed by atoms with Gasteiger partial charge in [-0.25, -0.2) is 0 Å². The molecule has 0 aromatic rings. The van der Waals surface area contributed by atoms with Crippen LogP contribution in [0.15, 0.2) is 50.6 Å². The maximum absolute atomic E-state index is 9.08. The fraction of sp³-hybridized carbons (Fsp3) is 0.333. The van der Waals surface area contributed by atoms with Crippen molar-refractivity contribution in [3.8, 4) is 0 Å². The Morgan fingerprint density at radius 3 is 1.40 bits per heavy atom. The summed E-state index contributed by atoms with van der Waals surface area (Å²) < 4.78 is 9.45. The molecule has 20 heavy (non-hydrogen) atoms. The molecule has 0 fully saturated rings. The summed E-state index contributed by atoms with van der Waals surface area (Å²) in [5.41, 5.74) is 0. The molecular formula is C12H24O6P2. The van der Waals surface area contributed by atoms with E-state index in [0.717, 1.165) is 0 Å². The molecule has 0 aliphatic rings. The Kier molecular flexibility index (Phi) is 12.3. The third-order valence-electron chi connectivity index (χ3n) is 1.61. The van der Waals surface area contributed by atoms with Gasteiger partial charge in [-0.1, -0.05) is 12.2 Å². The number of hydrogen-bond donors (Lipinski definition) is 4. The SMILES string of the molecule is C=CCOP(O)OCC=C.C=CCP(O)(O)(O)CC=C. The summed E-state index contributed by atoms with van der Waals surface area (Å²) in [6.07, 6.45) is 5.31. The zero-order valence-corrected chi connectivity index (χ0v) is 13.3. The van der Waals surface area contributed by atoms with Gasteiger partial charge in [-0.15, -0.1) is 13.2 Å². The molecule has 0 saturated carbocycles. The quantitative estimate of drug-likeness (QED) is 0.363. The third-order valence-corrected chi connectivity index (χ3v) is 4.36. The average molecular weight is 326 g/mol. The van der Waals surface area contributed by atoms with Crippen molar-refractivity contribution in [1.29, 1.82) is 0 Å². The van der Waals surface area contributed by atoms with Crippen LogP contribution in [0.3, 0.4) is 0 Å². The summed E-state index contributed by atoms with van der Waals surface area (Å²) in [4.78, 5) is 36.1. The van der Waals surface area contributed by atoms with Gasteiger partial charge in [0.2, 0.25) is 0 Å².